The number of rotatable bonds is 14. The third-order valence-corrected chi connectivity index (χ3v) is 5.46. The van der Waals surface area contributed by atoms with E-state index in [0.29, 0.717) is 5.06 Å². The third kappa shape index (κ3) is 9.58. The molecule has 0 saturated carbocycles. The Morgan fingerprint density at radius 1 is 0.857 bits per heavy atom. The van der Waals surface area contributed by atoms with Crippen molar-refractivity contribution in [1.82, 2.24) is 15.7 Å². The van der Waals surface area contributed by atoms with Crippen molar-refractivity contribution in [3.63, 3.8) is 0 Å². The van der Waals surface area contributed by atoms with Gasteiger partial charge in [-0.2, -0.15) is 0 Å². The lowest BCUT2D eigenvalue weighted by molar-refractivity contribution is -0.154. The van der Waals surface area contributed by atoms with Crippen LogP contribution in [0.15, 0.2) is 60.7 Å². The molecule has 35 heavy (non-hydrogen) atoms. The molecule has 0 aliphatic heterocycles. The lowest BCUT2D eigenvalue weighted by Crippen LogP contribution is -2.54. The maximum Gasteiger partial charge on any atom is 0.326 e. The van der Waals surface area contributed by atoms with Gasteiger partial charge in [0.25, 0.3) is 0 Å². The number of benzene rings is 2. The molecule has 3 amide bonds. The Morgan fingerprint density at radius 2 is 1.37 bits per heavy atom. The minimum absolute atomic E-state index is 0.0281. The molecule has 2 aromatic carbocycles. The Morgan fingerprint density at radius 3 is 1.86 bits per heavy atom. The van der Waals surface area contributed by atoms with Crippen molar-refractivity contribution in [1.29, 1.82) is 0 Å². The molecule has 0 spiro atoms. The third-order valence-electron chi connectivity index (χ3n) is 5.46. The molecule has 0 heterocycles. The van der Waals surface area contributed by atoms with E-state index < -0.39 is 35.8 Å². The van der Waals surface area contributed by atoms with E-state index in [1.54, 1.807) is 24.3 Å². The van der Waals surface area contributed by atoms with Crippen LogP contribution in [0, 0.1) is 11.8 Å². The Kier molecular flexibility index (Phi) is 10.9. The molecule has 188 valence electrons. The fourth-order valence-electron chi connectivity index (χ4n) is 3.72. The molecule has 0 aliphatic carbocycles. The van der Waals surface area contributed by atoms with Gasteiger partial charge in [-0.25, -0.2) is 9.86 Å². The minimum Gasteiger partial charge on any atom is -0.480 e. The lowest BCUT2D eigenvalue weighted by atomic mass is 9.96. The highest BCUT2D eigenvalue weighted by Crippen LogP contribution is 2.13. The van der Waals surface area contributed by atoms with Crippen molar-refractivity contribution in [2.75, 3.05) is 6.54 Å². The van der Waals surface area contributed by atoms with E-state index in [9.17, 15) is 29.5 Å². The van der Waals surface area contributed by atoms with Crippen LogP contribution >= 0.6 is 0 Å². The Hall–Kier alpha value is -3.72. The van der Waals surface area contributed by atoms with Gasteiger partial charge in [0.15, 0.2) is 0 Å². The van der Waals surface area contributed by atoms with Crippen molar-refractivity contribution in [2.24, 2.45) is 11.8 Å². The van der Waals surface area contributed by atoms with E-state index in [1.165, 1.54) is 0 Å². The fourth-order valence-corrected chi connectivity index (χ4v) is 3.72. The first-order valence-electron chi connectivity index (χ1n) is 11.5. The predicted octanol–water partition coefficient (Wildman–Crippen LogP) is 2.04. The smallest absolute Gasteiger partial charge is 0.326 e. The van der Waals surface area contributed by atoms with E-state index in [1.807, 2.05) is 50.2 Å². The van der Waals surface area contributed by atoms with Crippen LogP contribution in [0.25, 0.3) is 0 Å². The number of carboxylic acid groups (broad SMARTS) is 1. The monoisotopic (exact) mass is 483 g/mol. The second-order valence-electron chi connectivity index (χ2n) is 8.89. The quantitative estimate of drug-likeness (QED) is 0.184. The summed E-state index contributed by atoms with van der Waals surface area (Å²) in [6, 6.07) is 15.9. The number of carbonyl (C=O) groups excluding carboxylic acids is 3. The highest BCUT2D eigenvalue weighted by Gasteiger charge is 2.30. The first-order chi connectivity index (χ1) is 16.7. The Labute approximate surface area is 205 Å². The molecule has 9 heteroatoms. The second kappa shape index (κ2) is 13.9. The highest BCUT2D eigenvalue weighted by atomic mass is 16.5. The van der Waals surface area contributed by atoms with Gasteiger partial charge in [0.2, 0.25) is 18.2 Å². The summed E-state index contributed by atoms with van der Waals surface area (Å²) < 4.78 is 0. The zero-order valence-corrected chi connectivity index (χ0v) is 20.0. The average Bonchev–Trinajstić information content (AvgIpc) is 2.83. The maximum atomic E-state index is 13.1. The van der Waals surface area contributed by atoms with Gasteiger partial charge >= 0.3 is 5.97 Å². The topological polar surface area (TPSA) is 136 Å². The van der Waals surface area contributed by atoms with Crippen LogP contribution in [-0.4, -0.2) is 58.2 Å². The van der Waals surface area contributed by atoms with E-state index in [0.717, 1.165) is 11.1 Å². The van der Waals surface area contributed by atoms with Gasteiger partial charge < -0.3 is 15.7 Å². The first kappa shape index (κ1) is 27.5. The van der Waals surface area contributed by atoms with Crippen LogP contribution in [0.2, 0.25) is 0 Å². The highest BCUT2D eigenvalue weighted by molar-refractivity contribution is 5.91. The molecule has 2 aromatic rings. The molecular formula is C26H33N3O6. The molecular weight excluding hydrogens is 450 g/mol. The number of hydrogen-bond donors (Lipinski definition) is 4. The number of nitrogens with one attached hydrogen (secondary N) is 2. The van der Waals surface area contributed by atoms with Gasteiger partial charge in [-0.3, -0.25) is 19.6 Å². The van der Waals surface area contributed by atoms with E-state index in [2.05, 4.69) is 10.6 Å². The minimum atomic E-state index is -1.18. The molecule has 0 fully saturated rings. The summed E-state index contributed by atoms with van der Waals surface area (Å²) >= 11 is 0. The summed E-state index contributed by atoms with van der Waals surface area (Å²) in [5, 5.41) is 25.0. The van der Waals surface area contributed by atoms with Gasteiger partial charge in [-0.05, 0) is 29.9 Å². The first-order valence-corrected chi connectivity index (χ1v) is 11.5. The predicted molar refractivity (Wildman–Crippen MR) is 129 cm³/mol. The van der Waals surface area contributed by atoms with Crippen molar-refractivity contribution < 1.29 is 29.5 Å². The SMILES string of the molecule is CC(C)C[C@H](NC(=O)[C@H](Cc1ccccc1)CN(O)C=O)C(=O)N[C@@H](Cc1ccccc1)C(=O)O. The van der Waals surface area contributed by atoms with Gasteiger partial charge in [-0.15, -0.1) is 0 Å². The molecule has 0 unspecified atom stereocenters. The van der Waals surface area contributed by atoms with Crippen LogP contribution in [-0.2, 0) is 32.0 Å². The van der Waals surface area contributed by atoms with Crippen LogP contribution in [0.4, 0.5) is 0 Å². The van der Waals surface area contributed by atoms with E-state index >= 15 is 0 Å². The summed E-state index contributed by atoms with van der Waals surface area (Å²) in [6.07, 6.45) is 0.827. The van der Waals surface area contributed by atoms with E-state index in [4.69, 9.17) is 0 Å². The zero-order valence-electron chi connectivity index (χ0n) is 20.0. The van der Waals surface area contributed by atoms with Crippen molar-refractivity contribution >= 4 is 24.2 Å². The molecule has 0 aliphatic rings. The molecule has 9 nitrogen and oxygen atoms in total. The Bertz CT molecular complexity index is 968. The summed E-state index contributed by atoms with van der Waals surface area (Å²) in [6.45, 7) is 3.51. The van der Waals surface area contributed by atoms with Crippen LogP contribution < -0.4 is 10.6 Å². The number of nitrogens with zero attached hydrogens (tertiary/aromatic N) is 1. The molecule has 2 rings (SSSR count). The number of amides is 3. The Balaban J connectivity index is 2.16. The summed E-state index contributed by atoms with van der Waals surface area (Å²) in [5.41, 5.74) is 1.58. The normalized spacial score (nSPS) is 13.4. The van der Waals surface area contributed by atoms with Crippen LogP contribution in [0.5, 0.6) is 0 Å². The summed E-state index contributed by atoms with van der Waals surface area (Å²) in [5.74, 6) is -3.11. The van der Waals surface area contributed by atoms with Gasteiger partial charge in [0.1, 0.15) is 12.1 Å². The maximum absolute atomic E-state index is 13.1. The molecule has 0 aromatic heterocycles. The largest absolute Gasteiger partial charge is 0.480 e. The van der Waals surface area contributed by atoms with Crippen molar-refractivity contribution in [3.8, 4) is 0 Å². The fraction of sp³-hybridized carbons (Fsp3) is 0.385. The second-order valence-corrected chi connectivity index (χ2v) is 8.89. The number of hydrogen-bond acceptors (Lipinski definition) is 5. The molecule has 3 atom stereocenters. The summed E-state index contributed by atoms with van der Waals surface area (Å²) in [4.78, 5) is 49.0. The zero-order chi connectivity index (χ0) is 25.8. The molecule has 4 N–H and O–H groups in total. The van der Waals surface area contributed by atoms with Crippen molar-refractivity contribution in [2.45, 2.75) is 45.2 Å². The molecule has 0 saturated heterocycles. The van der Waals surface area contributed by atoms with Gasteiger partial charge in [-0.1, -0.05) is 74.5 Å². The number of hydroxylamine groups is 2. The standard InChI is InChI=1S/C26H33N3O6/c1-18(2)13-22(25(32)28-23(26(33)34)15-20-11-7-4-8-12-20)27-24(31)21(16-29(35)17-30)14-19-9-5-3-6-10-19/h3-12,17-18,21-23,35H,13-16H2,1-2H3,(H,27,31)(H,28,32)(H,33,34)/t21-,22+,23+/m1/s1. The molecule has 0 bridgehead atoms. The number of carbonyl (C=O) groups is 4. The van der Waals surface area contributed by atoms with Crippen molar-refractivity contribution in [3.05, 3.63) is 71.8 Å². The van der Waals surface area contributed by atoms with Gasteiger partial charge in [0.05, 0.1) is 12.5 Å². The molecule has 0 radical (unpaired) electrons. The van der Waals surface area contributed by atoms with Crippen LogP contribution in [0.1, 0.15) is 31.4 Å². The number of carboxylic acids is 1. The van der Waals surface area contributed by atoms with Gasteiger partial charge in [0, 0.05) is 6.42 Å². The van der Waals surface area contributed by atoms with Crippen LogP contribution in [0.3, 0.4) is 0 Å². The average molecular weight is 484 g/mol. The summed E-state index contributed by atoms with van der Waals surface area (Å²) in [7, 11) is 0. The number of aliphatic carboxylic acids is 1. The lowest BCUT2D eigenvalue weighted by Gasteiger charge is -2.26. The van der Waals surface area contributed by atoms with E-state index in [-0.39, 0.29) is 38.1 Å².